The van der Waals surface area contributed by atoms with Crippen LogP contribution in [0.5, 0.6) is 0 Å². The monoisotopic (exact) mass is 496 g/mol. The van der Waals surface area contributed by atoms with Crippen LogP contribution in [-0.2, 0) is 33.2 Å². The Labute approximate surface area is 191 Å². The second-order valence-corrected chi connectivity index (χ2v) is 7.63. The molecule has 2 atom stereocenters. The van der Waals surface area contributed by atoms with E-state index in [0.717, 1.165) is 12.1 Å². The van der Waals surface area contributed by atoms with E-state index in [1.807, 2.05) is 0 Å². The number of rotatable bonds is 11. The van der Waals surface area contributed by atoms with Crippen LogP contribution in [-0.4, -0.2) is 30.4 Å². The van der Waals surface area contributed by atoms with Gasteiger partial charge in [-0.05, 0) is 61.2 Å². The molecule has 2 aromatic rings. The van der Waals surface area contributed by atoms with Gasteiger partial charge in [0.25, 0.3) is 0 Å². The van der Waals surface area contributed by atoms with Gasteiger partial charge in [0.15, 0.2) is 12.1 Å². The number of halogens is 7. The molecule has 0 fully saturated rings. The highest BCUT2D eigenvalue weighted by Gasteiger charge is 2.37. The summed E-state index contributed by atoms with van der Waals surface area (Å²) in [5.41, 5.74) is -2.89. The van der Waals surface area contributed by atoms with Gasteiger partial charge in [0.2, 0.25) is 0 Å². The van der Waals surface area contributed by atoms with Crippen LogP contribution >= 0.6 is 0 Å². The molecule has 0 saturated carbocycles. The minimum absolute atomic E-state index is 0.00972. The second kappa shape index (κ2) is 11.8. The zero-order valence-electron chi connectivity index (χ0n) is 18.0. The number of carbonyl (C=O) groups is 1. The van der Waals surface area contributed by atoms with Gasteiger partial charge in [-0.15, -0.1) is 0 Å². The number of ether oxygens (including phenoxy) is 2. The van der Waals surface area contributed by atoms with Crippen LogP contribution in [0.25, 0.3) is 0 Å². The molecule has 4 nitrogen and oxygen atoms in total. The summed E-state index contributed by atoms with van der Waals surface area (Å²) in [5.74, 6) is -1.62. The molecular weight excluding hydrogens is 473 g/mol. The number of hydrogen-bond donors (Lipinski definition) is 1. The Bertz CT molecular complexity index is 908. The van der Waals surface area contributed by atoms with Crippen molar-refractivity contribution >= 4 is 5.78 Å². The van der Waals surface area contributed by atoms with Crippen molar-refractivity contribution in [2.45, 2.75) is 50.9 Å². The number of aliphatic hydroxyl groups is 1. The van der Waals surface area contributed by atoms with Crippen molar-refractivity contribution < 1.29 is 50.1 Å². The Morgan fingerprint density at radius 3 is 1.97 bits per heavy atom. The summed E-state index contributed by atoms with van der Waals surface area (Å²) in [6.45, 7) is -0.121. The molecule has 0 aliphatic carbocycles. The summed E-state index contributed by atoms with van der Waals surface area (Å²) in [6, 6.07) is 6.23. The second-order valence-electron chi connectivity index (χ2n) is 7.63. The molecule has 0 radical (unpaired) electrons. The number of Topliss-reactive ketones (excluding diaryl/α,β-unsaturated/α-hetero) is 1. The molecule has 0 aliphatic rings. The minimum atomic E-state index is -5.02. The van der Waals surface area contributed by atoms with Gasteiger partial charge in [-0.25, -0.2) is 4.39 Å². The molecule has 2 rings (SSSR count). The lowest BCUT2D eigenvalue weighted by Gasteiger charge is -2.28. The van der Waals surface area contributed by atoms with Gasteiger partial charge >= 0.3 is 12.4 Å². The first-order valence-corrected chi connectivity index (χ1v) is 10.2. The molecule has 1 N–H and O–H groups in total. The van der Waals surface area contributed by atoms with Gasteiger partial charge in [-0.2, -0.15) is 26.3 Å². The molecule has 0 spiro atoms. The van der Waals surface area contributed by atoms with Crippen LogP contribution < -0.4 is 0 Å². The number of carbonyl (C=O) groups excluding carboxylic acids is 1. The summed E-state index contributed by atoms with van der Waals surface area (Å²) in [6.07, 6.45) is -10.8. The fraction of sp³-hybridized carbons (Fsp3) is 0.435. The van der Waals surface area contributed by atoms with Gasteiger partial charge in [0.05, 0.1) is 17.7 Å². The molecular formula is C23H23F7O4. The van der Waals surface area contributed by atoms with Crippen LogP contribution in [0, 0.1) is 5.82 Å². The molecule has 0 saturated heterocycles. The number of ketones is 1. The van der Waals surface area contributed by atoms with E-state index in [0.29, 0.717) is 17.7 Å². The van der Waals surface area contributed by atoms with Crippen LogP contribution in [0.1, 0.15) is 47.9 Å². The summed E-state index contributed by atoms with van der Waals surface area (Å²) in [7, 11) is 0. The van der Waals surface area contributed by atoms with E-state index in [2.05, 4.69) is 0 Å². The lowest BCUT2D eigenvalue weighted by Crippen LogP contribution is -2.28. The SMILES string of the molecule is CC(=O)CO[C@@H](OCc1cc(C(F)(F)F)cc(C(F)(F)F)c1)C(CCCO)c1ccc(F)cc1. The quantitative estimate of drug-likeness (QED) is 0.313. The van der Waals surface area contributed by atoms with E-state index in [1.165, 1.54) is 19.1 Å². The number of aliphatic hydroxyl groups excluding tert-OH is 1. The normalized spacial score (nSPS) is 14.1. The third kappa shape index (κ3) is 8.37. The maximum absolute atomic E-state index is 13.4. The molecule has 1 unspecified atom stereocenters. The topological polar surface area (TPSA) is 55.8 Å². The van der Waals surface area contributed by atoms with E-state index >= 15 is 0 Å². The smallest absolute Gasteiger partial charge is 0.396 e. The van der Waals surface area contributed by atoms with Gasteiger partial charge in [0, 0.05) is 12.5 Å². The Hall–Kier alpha value is -2.50. The van der Waals surface area contributed by atoms with Gasteiger partial charge < -0.3 is 14.6 Å². The summed E-state index contributed by atoms with van der Waals surface area (Å²) < 4.78 is 103. The minimum Gasteiger partial charge on any atom is -0.396 e. The van der Waals surface area contributed by atoms with Crippen molar-refractivity contribution in [3.63, 3.8) is 0 Å². The van der Waals surface area contributed by atoms with E-state index < -0.39 is 66.1 Å². The van der Waals surface area contributed by atoms with Crippen LogP contribution in [0.3, 0.4) is 0 Å². The standard InChI is InChI=1S/C23H23F7O4/c1-14(32)12-33-21(20(3-2-8-31)16-4-6-19(24)7-5-16)34-13-15-9-17(22(25,26)27)11-18(10-15)23(28,29)30/h4-7,9-11,20-21,31H,2-3,8,12-13H2,1H3/t20?,21-/m0/s1. The lowest BCUT2D eigenvalue weighted by molar-refractivity contribution is -0.170. The zero-order chi connectivity index (χ0) is 25.5. The van der Waals surface area contributed by atoms with Crippen molar-refractivity contribution in [2.24, 2.45) is 0 Å². The van der Waals surface area contributed by atoms with E-state index in [-0.39, 0.29) is 25.5 Å². The molecule has 0 aliphatic heterocycles. The van der Waals surface area contributed by atoms with Gasteiger partial charge in [-0.3, -0.25) is 4.79 Å². The number of hydrogen-bond acceptors (Lipinski definition) is 4. The van der Waals surface area contributed by atoms with Crippen molar-refractivity contribution in [2.75, 3.05) is 13.2 Å². The number of benzene rings is 2. The Morgan fingerprint density at radius 2 is 1.50 bits per heavy atom. The third-order valence-corrected chi connectivity index (χ3v) is 4.81. The Balaban J connectivity index is 2.38. The van der Waals surface area contributed by atoms with E-state index in [9.17, 15) is 40.6 Å². The Kier molecular flexibility index (Phi) is 9.60. The predicted molar refractivity (Wildman–Crippen MR) is 107 cm³/mol. The fourth-order valence-electron chi connectivity index (χ4n) is 3.24. The van der Waals surface area contributed by atoms with Crippen LogP contribution in [0.2, 0.25) is 0 Å². The summed E-state index contributed by atoms with van der Waals surface area (Å²) >= 11 is 0. The van der Waals surface area contributed by atoms with Crippen molar-refractivity contribution in [3.05, 3.63) is 70.5 Å². The largest absolute Gasteiger partial charge is 0.416 e. The maximum Gasteiger partial charge on any atom is 0.416 e. The third-order valence-electron chi connectivity index (χ3n) is 4.81. The first kappa shape index (κ1) is 27.7. The number of alkyl halides is 6. The van der Waals surface area contributed by atoms with Gasteiger partial charge in [-0.1, -0.05) is 12.1 Å². The molecule has 0 bridgehead atoms. The Morgan fingerprint density at radius 1 is 0.941 bits per heavy atom. The maximum atomic E-state index is 13.4. The molecule has 188 valence electrons. The molecule has 2 aromatic carbocycles. The average molecular weight is 496 g/mol. The summed E-state index contributed by atoms with van der Waals surface area (Å²) in [4.78, 5) is 11.4. The average Bonchev–Trinajstić information content (AvgIpc) is 2.74. The first-order chi connectivity index (χ1) is 15.8. The molecule has 0 aromatic heterocycles. The zero-order valence-corrected chi connectivity index (χ0v) is 18.0. The summed E-state index contributed by atoms with van der Waals surface area (Å²) in [5, 5.41) is 9.22. The van der Waals surface area contributed by atoms with Crippen LogP contribution in [0.4, 0.5) is 30.7 Å². The highest BCUT2D eigenvalue weighted by Crippen LogP contribution is 2.37. The highest BCUT2D eigenvalue weighted by molar-refractivity contribution is 5.76. The molecule has 0 amide bonds. The lowest BCUT2D eigenvalue weighted by atomic mass is 9.93. The van der Waals surface area contributed by atoms with Crippen molar-refractivity contribution in [3.8, 4) is 0 Å². The molecule has 0 heterocycles. The fourth-order valence-corrected chi connectivity index (χ4v) is 3.24. The van der Waals surface area contributed by atoms with Crippen molar-refractivity contribution in [1.82, 2.24) is 0 Å². The van der Waals surface area contributed by atoms with Gasteiger partial charge in [0.1, 0.15) is 12.4 Å². The predicted octanol–water partition coefficient (Wildman–Crippen LogP) is 5.87. The highest BCUT2D eigenvalue weighted by atomic mass is 19.4. The van der Waals surface area contributed by atoms with E-state index in [1.54, 1.807) is 0 Å². The van der Waals surface area contributed by atoms with E-state index in [4.69, 9.17) is 9.47 Å². The van der Waals surface area contributed by atoms with Crippen LogP contribution in [0.15, 0.2) is 42.5 Å². The molecule has 34 heavy (non-hydrogen) atoms. The van der Waals surface area contributed by atoms with Crippen molar-refractivity contribution in [1.29, 1.82) is 0 Å². The first-order valence-electron chi connectivity index (χ1n) is 10.2. The molecule has 11 heteroatoms.